The topological polar surface area (TPSA) is 32.7 Å². The number of amides is 1. The molecular formula is C17H15BrN2OS. The molecular weight excluding hydrogens is 360 g/mol. The maximum Gasteiger partial charge on any atom is 0.249 e. The summed E-state index contributed by atoms with van der Waals surface area (Å²) in [5.41, 5.74) is 4.65. The number of nitrogens with zero attached hydrogens (tertiary/aromatic N) is 2. The molecule has 1 aromatic carbocycles. The van der Waals surface area contributed by atoms with Crippen molar-refractivity contribution in [3.05, 3.63) is 50.3 Å². The van der Waals surface area contributed by atoms with Crippen LogP contribution in [0.5, 0.6) is 0 Å². The van der Waals surface area contributed by atoms with Gasteiger partial charge in [-0.2, -0.15) is 0 Å². The molecule has 5 heteroatoms. The number of halogens is 1. The second kappa shape index (κ2) is 5.32. The molecule has 1 aliphatic carbocycles. The van der Waals surface area contributed by atoms with Crippen molar-refractivity contribution in [2.45, 2.75) is 19.3 Å². The first-order chi connectivity index (χ1) is 10.6. The lowest BCUT2D eigenvalue weighted by Gasteiger charge is -2.14. The maximum absolute atomic E-state index is 12.3. The van der Waals surface area contributed by atoms with Gasteiger partial charge in [0.15, 0.2) is 0 Å². The fourth-order valence-corrected chi connectivity index (χ4v) is 4.79. The van der Waals surface area contributed by atoms with Gasteiger partial charge in [-0.1, -0.05) is 28.1 Å². The zero-order valence-corrected chi connectivity index (χ0v) is 14.6. The van der Waals surface area contributed by atoms with Gasteiger partial charge in [-0.15, -0.1) is 11.3 Å². The monoisotopic (exact) mass is 374 g/mol. The minimum atomic E-state index is 0.0632. The predicted octanol–water partition coefficient (Wildman–Crippen LogP) is 3.81. The molecule has 0 radical (unpaired) electrons. The number of fused-ring (bicyclic) bond motifs is 3. The van der Waals surface area contributed by atoms with E-state index in [9.17, 15) is 4.79 Å². The van der Waals surface area contributed by atoms with Crippen LogP contribution in [0.3, 0.4) is 0 Å². The highest BCUT2D eigenvalue weighted by Gasteiger charge is 2.31. The smallest absolute Gasteiger partial charge is 0.249 e. The molecule has 0 fully saturated rings. The Morgan fingerprint density at radius 2 is 2.00 bits per heavy atom. The van der Waals surface area contributed by atoms with Crippen molar-refractivity contribution in [3.8, 4) is 0 Å². The second-order valence-electron chi connectivity index (χ2n) is 5.66. The van der Waals surface area contributed by atoms with E-state index >= 15 is 0 Å². The van der Waals surface area contributed by atoms with Gasteiger partial charge in [-0.05, 0) is 37.0 Å². The molecule has 0 bridgehead atoms. The quantitative estimate of drug-likeness (QED) is 0.746. The lowest BCUT2D eigenvalue weighted by atomic mass is 9.99. The molecule has 0 saturated carbocycles. The SMILES string of the molecule is CN1C(=O)CN=C(c2ccc(Br)cc2)c2c1sc1c2CCC1. The molecule has 2 heterocycles. The van der Waals surface area contributed by atoms with Crippen molar-refractivity contribution < 1.29 is 4.79 Å². The van der Waals surface area contributed by atoms with Crippen LogP contribution in [0.25, 0.3) is 0 Å². The summed E-state index contributed by atoms with van der Waals surface area (Å²) in [5, 5.41) is 1.06. The van der Waals surface area contributed by atoms with Crippen molar-refractivity contribution >= 4 is 43.9 Å². The fourth-order valence-electron chi connectivity index (χ4n) is 3.16. The average Bonchev–Trinajstić information content (AvgIpc) is 3.07. The van der Waals surface area contributed by atoms with Gasteiger partial charge in [0.2, 0.25) is 5.91 Å². The Morgan fingerprint density at radius 1 is 1.23 bits per heavy atom. The number of rotatable bonds is 1. The zero-order chi connectivity index (χ0) is 15.3. The van der Waals surface area contributed by atoms with Gasteiger partial charge in [-0.25, -0.2) is 0 Å². The van der Waals surface area contributed by atoms with Gasteiger partial charge >= 0.3 is 0 Å². The Labute approximate surface area is 141 Å². The van der Waals surface area contributed by atoms with Crippen LogP contribution in [-0.4, -0.2) is 25.2 Å². The minimum absolute atomic E-state index is 0.0632. The summed E-state index contributed by atoms with van der Waals surface area (Å²) in [4.78, 5) is 20.1. The Morgan fingerprint density at radius 3 is 2.77 bits per heavy atom. The lowest BCUT2D eigenvalue weighted by molar-refractivity contribution is -0.116. The summed E-state index contributed by atoms with van der Waals surface area (Å²) in [6.07, 6.45) is 3.43. The first kappa shape index (κ1) is 14.2. The first-order valence-electron chi connectivity index (χ1n) is 7.37. The Kier molecular flexibility index (Phi) is 3.42. The number of benzene rings is 1. The number of carbonyl (C=O) groups is 1. The normalized spacial score (nSPS) is 17.1. The summed E-state index contributed by atoms with van der Waals surface area (Å²) in [5.74, 6) is 0.0632. The molecule has 2 aliphatic rings. The number of likely N-dealkylation sites (N-methyl/N-ethyl adjacent to an activating group) is 1. The summed E-state index contributed by atoms with van der Waals surface area (Å²) < 4.78 is 1.05. The largest absolute Gasteiger partial charge is 0.305 e. The highest BCUT2D eigenvalue weighted by atomic mass is 79.9. The number of hydrogen-bond donors (Lipinski definition) is 0. The van der Waals surface area contributed by atoms with Crippen molar-refractivity contribution in [3.63, 3.8) is 0 Å². The second-order valence-corrected chi connectivity index (χ2v) is 7.66. The van der Waals surface area contributed by atoms with Crippen LogP contribution in [0, 0.1) is 0 Å². The molecule has 0 atom stereocenters. The molecule has 3 nitrogen and oxygen atoms in total. The van der Waals surface area contributed by atoms with Crippen LogP contribution in [0.4, 0.5) is 5.00 Å². The highest BCUT2D eigenvalue weighted by molar-refractivity contribution is 9.10. The van der Waals surface area contributed by atoms with Crippen LogP contribution in [0.2, 0.25) is 0 Å². The third kappa shape index (κ3) is 2.15. The number of hydrogen-bond acceptors (Lipinski definition) is 3. The molecule has 0 saturated heterocycles. The molecule has 1 aliphatic heterocycles. The first-order valence-corrected chi connectivity index (χ1v) is 8.98. The van der Waals surface area contributed by atoms with Crippen LogP contribution < -0.4 is 4.90 Å². The third-order valence-electron chi connectivity index (χ3n) is 4.31. The van der Waals surface area contributed by atoms with Crippen molar-refractivity contribution in [2.24, 2.45) is 4.99 Å². The van der Waals surface area contributed by atoms with Crippen molar-refractivity contribution in [2.75, 3.05) is 18.5 Å². The molecule has 0 N–H and O–H groups in total. The number of aryl methyl sites for hydroxylation is 1. The van der Waals surface area contributed by atoms with Gasteiger partial charge in [0, 0.05) is 27.5 Å². The van der Waals surface area contributed by atoms with E-state index in [2.05, 4.69) is 33.1 Å². The van der Waals surface area contributed by atoms with E-state index in [1.165, 1.54) is 22.4 Å². The molecule has 1 amide bonds. The van der Waals surface area contributed by atoms with Crippen LogP contribution >= 0.6 is 27.3 Å². The van der Waals surface area contributed by atoms with Gasteiger partial charge in [0.1, 0.15) is 11.5 Å². The van der Waals surface area contributed by atoms with E-state index in [-0.39, 0.29) is 12.5 Å². The van der Waals surface area contributed by atoms with Gasteiger partial charge in [-0.3, -0.25) is 9.79 Å². The van der Waals surface area contributed by atoms with E-state index in [0.29, 0.717) is 0 Å². The van der Waals surface area contributed by atoms with E-state index in [1.54, 1.807) is 16.2 Å². The maximum atomic E-state index is 12.3. The van der Waals surface area contributed by atoms with Crippen molar-refractivity contribution in [1.82, 2.24) is 0 Å². The predicted molar refractivity (Wildman–Crippen MR) is 94.4 cm³/mol. The summed E-state index contributed by atoms with van der Waals surface area (Å²) in [6, 6.07) is 8.20. The number of anilines is 1. The average molecular weight is 375 g/mol. The molecule has 1 aromatic heterocycles. The fraction of sp³-hybridized carbons (Fsp3) is 0.294. The molecule has 0 spiro atoms. The van der Waals surface area contributed by atoms with E-state index in [1.807, 2.05) is 19.2 Å². The Balaban J connectivity index is 1.94. The summed E-state index contributed by atoms with van der Waals surface area (Å²) >= 11 is 5.24. The van der Waals surface area contributed by atoms with Gasteiger partial charge in [0.05, 0.1) is 5.71 Å². The zero-order valence-electron chi connectivity index (χ0n) is 12.2. The number of aliphatic imine (C=N–C) groups is 1. The molecule has 112 valence electrons. The number of carbonyl (C=O) groups excluding carboxylic acids is 1. The molecule has 4 rings (SSSR count). The molecule has 2 aromatic rings. The van der Waals surface area contributed by atoms with Crippen LogP contribution in [0.1, 0.15) is 28.0 Å². The standard InChI is InChI=1S/C17H15BrN2OS/c1-20-14(21)9-19-16(10-5-7-11(18)8-6-10)15-12-3-2-4-13(12)22-17(15)20/h5-8H,2-4,9H2,1H3. The van der Waals surface area contributed by atoms with Crippen molar-refractivity contribution in [1.29, 1.82) is 0 Å². The molecule has 22 heavy (non-hydrogen) atoms. The Bertz CT molecular complexity index is 792. The van der Waals surface area contributed by atoms with E-state index < -0.39 is 0 Å². The summed E-state index contributed by atoms with van der Waals surface area (Å²) in [6.45, 7) is 0.220. The van der Waals surface area contributed by atoms with E-state index in [0.717, 1.165) is 33.6 Å². The minimum Gasteiger partial charge on any atom is -0.305 e. The Hall–Kier alpha value is -1.46. The van der Waals surface area contributed by atoms with Crippen LogP contribution in [0.15, 0.2) is 33.7 Å². The van der Waals surface area contributed by atoms with Crippen LogP contribution in [-0.2, 0) is 17.6 Å². The number of thiophene rings is 1. The summed E-state index contributed by atoms with van der Waals surface area (Å²) in [7, 11) is 1.87. The van der Waals surface area contributed by atoms with Gasteiger partial charge < -0.3 is 4.90 Å². The third-order valence-corrected chi connectivity index (χ3v) is 6.21. The lowest BCUT2D eigenvalue weighted by Crippen LogP contribution is -2.27. The van der Waals surface area contributed by atoms with E-state index in [4.69, 9.17) is 0 Å². The van der Waals surface area contributed by atoms with Gasteiger partial charge in [0.25, 0.3) is 0 Å². The highest BCUT2D eigenvalue weighted by Crippen LogP contribution is 2.42. The molecule has 0 unspecified atom stereocenters.